The maximum atomic E-state index is 5.76. The molecule has 0 aliphatic carbocycles. The molecule has 2 heterocycles. The number of hydrogen-bond acceptors (Lipinski definition) is 3. The van der Waals surface area contributed by atoms with Gasteiger partial charge in [-0.25, -0.2) is 4.98 Å². The molecular weight excluding hydrogens is 338 g/mol. The van der Waals surface area contributed by atoms with Crippen LogP contribution in [0.15, 0.2) is 95.7 Å². The Balaban J connectivity index is 1.76. The van der Waals surface area contributed by atoms with E-state index in [-0.39, 0.29) is 0 Å². The molecule has 3 aromatic carbocycles. The minimum Gasteiger partial charge on any atom is -0.443 e. The van der Waals surface area contributed by atoms with Crippen LogP contribution < -0.4 is 0 Å². The lowest BCUT2D eigenvalue weighted by atomic mass is 10.0. The normalized spacial score (nSPS) is 11.1. The van der Waals surface area contributed by atoms with Crippen LogP contribution in [-0.2, 0) is 0 Å². The summed E-state index contributed by atoms with van der Waals surface area (Å²) in [5, 5.41) is 2.46. The van der Waals surface area contributed by atoms with Crippen molar-refractivity contribution in [1.82, 2.24) is 4.98 Å². The highest BCUT2D eigenvalue weighted by molar-refractivity contribution is 7.21. The molecule has 0 amide bonds. The zero-order valence-corrected chi connectivity index (χ0v) is 14.7. The first-order valence-electron chi connectivity index (χ1n) is 8.48. The molecule has 5 rings (SSSR count). The van der Waals surface area contributed by atoms with E-state index in [1.807, 2.05) is 24.3 Å². The SMILES string of the molecule is c1ccc(-c2ocnc2-c2sc(-c3ccccc3)c3ccccc23)cc1. The molecule has 2 aromatic heterocycles. The molecule has 0 radical (unpaired) electrons. The lowest BCUT2D eigenvalue weighted by Gasteiger charge is -2.00. The molecule has 26 heavy (non-hydrogen) atoms. The van der Waals surface area contributed by atoms with E-state index in [2.05, 4.69) is 65.6 Å². The van der Waals surface area contributed by atoms with Gasteiger partial charge in [0.05, 0.1) is 4.88 Å². The van der Waals surface area contributed by atoms with E-state index in [1.165, 1.54) is 27.6 Å². The van der Waals surface area contributed by atoms with Gasteiger partial charge in [-0.3, -0.25) is 0 Å². The lowest BCUT2D eigenvalue weighted by molar-refractivity contribution is 0.572. The van der Waals surface area contributed by atoms with Gasteiger partial charge in [-0.2, -0.15) is 0 Å². The Morgan fingerprint density at radius 3 is 1.88 bits per heavy atom. The maximum Gasteiger partial charge on any atom is 0.182 e. The van der Waals surface area contributed by atoms with Crippen molar-refractivity contribution in [3.8, 4) is 32.3 Å². The molecular formula is C23H15NOS. The zero-order valence-electron chi connectivity index (χ0n) is 13.9. The van der Waals surface area contributed by atoms with Crippen molar-refractivity contribution in [2.75, 3.05) is 0 Å². The Kier molecular flexibility index (Phi) is 3.65. The number of aromatic nitrogens is 1. The summed E-state index contributed by atoms with van der Waals surface area (Å²) in [5.41, 5.74) is 3.17. The smallest absolute Gasteiger partial charge is 0.182 e. The highest BCUT2D eigenvalue weighted by atomic mass is 32.1. The highest BCUT2D eigenvalue weighted by Gasteiger charge is 2.20. The molecule has 2 nitrogen and oxygen atoms in total. The highest BCUT2D eigenvalue weighted by Crippen LogP contribution is 2.45. The topological polar surface area (TPSA) is 26.0 Å². The minimum absolute atomic E-state index is 0.817. The van der Waals surface area contributed by atoms with Crippen LogP contribution in [0.3, 0.4) is 0 Å². The summed E-state index contributed by atoms with van der Waals surface area (Å²) < 4.78 is 5.76. The fourth-order valence-electron chi connectivity index (χ4n) is 3.27. The van der Waals surface area contributed by atoms with Crippen molar-refractivity contribution in [3.05, 3.63) is 91.3 Å². The molecule has 0 aliphatic rings. The van der Waals surface area contributed by atoms with Gasteiger partial charge in [-0.15, -0.1) is 11.3 Å². The fourth-order valence-corrected chi connectivity index (χ4v) is 4.55. The summed E-state index contributed by atoms with van der Waals surface area (Å²) in [6.07, 6.45) is 1.54. The van der Waals surface area contributed by atoms with Crippen molar-refractivity contribution in [2.24, 2.45) is 0 Å². The second-order valence-electron chi connectivity index (χ2n) is 6.07. The summed E-state index contributed by atoms with van der Waals surface area (Å²) >= 11 is 1.77. The Morgan fingerprint density at radius 1 is 0.615 bits per heavy atom. The molecule has 0 unspecified atom stereocenters. The van der Waals surface area contributed by atoms with E-state index < -0.39 is 0 Å². The van der Waals surface area contributed by atoms with Crippen molar-refractivity contribution in [1.29, 1.82) is 0 Å². The first kappa shape index (κ1) is 15.1. The first-order valence-corrected chi connectivity index (χ1v) is 9.30. The summed E-state index contributed by atoms with van der Waals surface area (Å²) in [4.78, 5) is 6.97. The Hall–Kier alpha value is -3.17. The van der Waals surface area contributed by atoms with Crippen LogP contribution in [0.25, 0.3) is 43.1 Å². The quantitative estimate of drug-likeness (QED) is 0.353. The van der Waals surface area contributed by atoms with Crippen molar-refractivity contribution >= 4 is 22.1 Å². The number of oxazole rings is 1. The maximum absolute atomic E-state index is 5.76. The molecule has 0 atom stereocenters. The number of benzene rings is 3. The molecule has 0 bridgehead atoms. The van der Waals surface area contributed by atoms with Gasteiger partial charge >= 0.3 is 0 Å². The minimum atomic E-state index is 0.817. The third kappa shape index (κ3) is 2.45. The molecule has 0 saturated heterocycles. The number of nitrogens with zero attached hydrogens (tertiary/aromatic N) is 1. The van der Waals surface area contributed by atoms with E-state index in [1.54, 1.807) is 11.3 Å². The van der Waals surface area contributed by atoms with Gasteiger partial charge in [-0.1, -0.05) is 84.9 Å². The number of rotatable bonds is 3. The van der Waals surface area contributed by atoms with Crippen molar-refractivity contribution in [2.45, 2.75) is 0 Å². The van der Waals surface area contributed by atoms with Crippen molar-refractivity contribution < 1.29 is 4.42 Å². The average molecular weight is 353 g/mol. The van der Waals surface area contributed by atoms with Crippen molar-refractivity contribution in [3.63, 3.8) is 0 Å². The van der Waals surface area contributed by atoms with Crippen LogP contribution in [0.2, 0.25) is 0 Å². The molecule has 0 aliphatic heterocycles. The van der Waals surface area contributed by atoms with Crippen LogP contribution in [0.5, 0.6) is 0 Å². The van der Waals surface area contributed by atoms with E-state index in [0.717, 1.165) is 21.9 Å². The van der Waals surface area contributed by atoms with Gasteiger partial charge in [0.2, 0.25) is 0 Å². The Bertz CT molecular complexity index is 1170. The van der Waals surface area contributed by atoms with E-state index in [0.29, 0.717) is 0 Å². The molecule has 3 heteroatoms. The van der Waals surface area contributed by atoms with Crippen LogP contribution in [0.4, 0.5) is 0 Å². The van der Waals surface area contributed by atoms with Gasteiger partial charge in [0, 0.05) is 21.2 Å². The van der Waals surface area contributed by atoms with Gasteiger partial charge in [0.15, 0.2) is 12.2 Å². The Morgan fingerprint density at radius 2 is 1.19 bits per heavy atom. The van der Waals surface area contributed by atoms with Crippen LogP contribution in [0.1, 0.15) is 0 Å². The van der Waals surface area contributed by atoms with Crippen LogP contribution in [0, 0.1) is 0 Å². The average Bonchev–Trinajstić information content (AvgIpc) is 3.34. The molecule has 124 valence electrons. The second-order valence-corrected chi connectivity index (χ2v) is 7.09. The summed E-state index contributed by atoms with van der Waals surface area (Å²) in [6.45, 7) is 0. The van der Waals surface area contributed by atoms with Crippen LogP contribution in [-0.4, -0.2) is 4.98 Å². The number of thiophene rings is 1. The number of hydrogen-bond donors (Lipinski definition) is 0. The molecule has 0 N–H and O–H groups in total. The summed E-state index contributed by atoms with van der Waals surface area (Å²) in [7, 11) is 0. The molecule has 0 spiro atoms. The van der Waals surface area contributed by atoms with Gasteiger partial charge < -0.3 is 4.42 Å². The standard InChI is InChI=1S/C23H15NOS/c1-3-9-16(10-4-1)21-20(24-15-25-21)23-19-14-8-7-13-18(19)22(26-23)17-11-5-2-6-12-17/h1-15H. The van der Waals surface area contributed by atoms with E-state index in [9.17, 15) is 0 Å². The Labute approximate surface area is 155 Å². The van der Waals surface area contributed by atoms with E-state index in [4.69, 9.17) is 4.42 Å². The molecule has 0 saturated carbocycles. The van der Waals surface area contributed by atoms with Gasteiger partial charge in [0.25, 0.3) is 0 Å². The molecule has 0 fully saturated rings. The third-order valence-electron chi connectivity index (χ3n) is 4.47. The zero-order chi connectivity index (χ0) is 17.3. The van der Waals surface area contributed by atoms with Crippen LogP contribution >= 0.6 is 11.3 Å². The van der Waals surface area contributed by atoms with Gasteiger partial charge in [0.1, 0.15) is 5.69 Å². The van der Waals surface area contributed by atoms with E-state index >= 15 is 0 Å². The predicted molar refractivity (Wildman–Crippen MR) is 108 cm³/mol. The van der Waals surface area contributed by atoms with Gasteiger partial charge in [-0.05, 0) is 5.56 Å². The third-order valence-corrected chi connectivity index (χ3v) is 5.75. The second kappa shape index (κ2) is 6.28. The number of fused-ring (bicyclic) bond motifs is 1. The monoisotopic (exact) mass is 353 g/mol. The first-order chi connectivity index (χ1) is 12.9. The molecule has 5 aromatic rings. The summed E-state index contributed by atoms with van der Waals surface area (Å²) in [6, 6.07) is 29.2. The predicted octanol–water partition coefficient (Wildman–Crippen LogP) is 6.89. The largest absolute Gasteiger partial charge is 0.443 e. The lowest BCUT2D eigenvalue weighted by Crippen LogP contribution is -1.79. The summed E-state index contributed by atoms with van der Waals surface area (Å²) in [5.74, 6) is 0.817. The fraction of sp³-hybridized carbons (Fsp3) is 0.